The van der Waals surface area contributed by atoms with E-state index in [0.717, 1.165) is 48.2 Å². The molecule has 4 aliphatic heterocycles. The van der Waals surface area contributed by atoms with Crippen molar-refractivity contribution >= 4 is 170 Å². The molecule has 11 amide bonds. The number of aliphatic carboxylic acids is 1. The van der Waals surface area contributed by atoms with Gasteiger partial charge in [-0.1, -0.05) is 89.2 Å². The van der Waals surface area contributed by atoms with E-state index in [2.05, 4.69) is 57.8 Å². The summed E-state index contributed by atoms with van der Waals surface area (Å²) in [6, 6.07) is 12.3. The van der Waals surface area contributed by atoms with E-state index in [-0.39, 0.29) is 118 Å². The number of nitrogens with two attached hydrogens (primary N) is 2. The monoisotopic (exact) mass is 2140 g/mol. The highest BCUT2D eigenvalue weighted by atomic mass is 32.2. The average Bonchev–Trinajstić information content (AvgIpc) is 1.71. The van der Waals surface area contributed by atoms with Gasteiger partial charge < -0.3 is 98.6 Å². The van der Waals surface area contributed by atoms with Crippen LogP contribution < -0.4 is 73.5 Å². The van der Waals surface area contributed by atoms with Crippen molar-refractivity contribution < 1.29 is 117 Å². The number of methoxy groups -OCH3 is 3. The number of thioether (sulfide) groups is 3. The Balaban J connectivity index is 1.04. The van der Waals surface area contributed by atoms with Crippen LogP contribution in [0.4, 0.5) is 0 Å². The second-order valence-corrected chi connectivity index (χ2v) is 47.3. The Hall–Kier alpha value is -11.7. The van der Waals surface area contributed by atoms with E-state index in [0.29, 0.717) is 32.9 Å². The summed E-state index contributed by atoms with van der Waals surface area (Å²) in [4.78, 5) is 212. The van der Waals surface area contributed by atoms with Crippen LogP contribution in [0.3, 0.4) is 0 Å². The summed E-state index contributed by atoms with van der Waals surface area (Å²) in [5, 5.41) is 46.4. The van der Waals surface area contributed by atoms with Gasteiger partial charge in [-0.15, -0.1) is 0 Å². The number of primary amides is 1. The minimum atomic E-state index is -4.66. The maximum atomic E-state index is 15.8. The molecule has 1 fully saturated rings. The largest absolute Gasteiger partial charge is 0.497 e. The van der Waals surface area contributed by atoms with Gasteiger partial charge in [-0.25, -0.2) is 25.3 Å². The number of carboxylic acid groups (broad SMARTS) is 1. The van der Waals surface area contributed by atoms with Gasteiger partial charge in [0, 0.05) is 146 Å². The molecule has 48 heteroatoms. The zero-order valence-corrected chi connectivity index (χ0v) is 87.9. The third-order valence-electron chi connectivity index (χ3n) is 25.8. The number of benzene rings is 5. The number of fused-ring (bicyclic) bond motifs is 12. The number of sulfonamides is 3. The molecule has 146 heavy (non-hydrogen) atoms. The molecule has 7 aromatic rings. The molecule has 3 unspecified atom stereocenters. The first-order valence-electron chi connectivity index (χ1n) is 48.0. The second-order valence-electron chi connectivity index (χ2n) is 37.6. The molecule has 0 spiro atoms. The lowest BCUT2D eigenvalue weighted by Crippen LogP contribution is -2.61. The quantitative estimate of drug-likeness (QED) is 0.0621. The summed E-state index contributed by atoms with van der Waals surface area (Å²) < 4.78 is 115. The average molecular weight is 2140 g/mol. The highest BCUT2D eigenvalue weighted by Gasteiger charge is 2.44. The van der Waals surface area contributed by atoms with Crippen molar-refractivity contribution in [2.24, 2.45) is 35.1 Å². The molecule has 4 aliphatic rings. The summed E-state index contributed by atoms with van der Waals surface area (Å²) >= 11 is 2.73. The Labute approximate surface area is 860 Å². The third-order valence-corrected chi connectivity index (χ3v) is 35.1. The van der Waals surface area contributed by atoms with Gasteiger partial charge in [0.2, 0.25) is 95.0 Å². The minimum Gasteiger partial charge on any atom is -0.497 e. The molecule has 42 nitrogen and oxygen atoms in total. The molecular formula is C98H131N17O25S6. The van der Waals surface area contributed by atoms with Crippen molar-refractivity contribution in [1.82, 2.24) is 75.6 Å². The number of carbonyl (C=O) groups excluding carboxylic acids is 13. The van der Waals surface area contributed by atoms with Gasteiger partial charge in [0.15, 0.2) is 5.78 Å². The zero-order chi connectivity index (χ0) is 106. The number of aromatic amines is 2. The molecule has 10 bridgehead atoms. The Bertz CT molecular complexity index is 6300. The Morgan fingerprint density at radius 1 is 0.486 bits per heavy atom. The van der Waals surface area contributed by atoms with Gasteiger partial charge in [-0.05, 0) is 138 Å². The lowest BCUT2D eigenvalue weighted by atomic mass is 9.92. The van der Waals surface area contributed by atoms with E-state index in [9.17, 15) is 53.4 Å². The van der Waals surface area contributed by atoms with Crippen molar-refractivity contribution in [1.29, 1.82) is 0 Å². The molecule has 5 aromatic carbocycles. The number of aliphatic hydroxyl groups excluding tert-OH is 1. The number of Topliss-reactive ketones (excluding diaryl/α,β-unsaturated/α-hetero) is 2. The number of amides is 11. The van der Waals surface area contributed by atoms with E-state index in [1.54, 1.807) is 129 Å². The van der Waals surface area contributed by atoms with E-state index < -0.39 is 291 Å². The van der Waals surface area contributed by atoms with E-state index >= 15 is 49.2 Å². The van der Waals surface area contributed by atoms with Gasteiger partial charge >= 0.3 is 5.97 Å². The number of carbonyl (C=O) groups is 14. The SMILES string of the molecule is CC[C@@H]1CC(=O)[C@H]([C@@H](C)O)NC(=O)[C@@H](CC(=O)[C@H](C)N)CSCCS(=O)(=O)N2Cc3cc(cc(OC)c3)CN3Cc4cc(cc(OC)c4)CN(Cc4cc(cc(OC)c4)C2)S(=O)(=O)CCSC[C@H](NC1=O)C(=O)N[C@@H](Cc1c[nH]c2ccccc12)C(=O)N[C@@H](C(C)C)C(=O)N[C@@H](CC(=O)O)C(=O)NCC(=O)N[C@@H](Cc1c[nH]c2ccccc12)C(=O)N[C@@H](C(C)C)C(=O)N1CCC[C@H]1C(=O)N[C@H](C(N)=O)CSCCS3(=O)=O. The molecule has 1 saturated heterocycles. The van der Waals surface area contributed by atoms with Crippen molar-refractivity contribution in [3.63, 3.8) is 0 Å². The summed E-state index contributed by atoms with van der Waals surface area (Å²) in [7, 11) is -9.70. The van der Waals surface area contributed by atoms with Crippen LogP contribution in [0.2, 0.25) is 0 Å². The topological polar surface area (TPSA) is 614 Å². The number of carboxylic acids is 1. The molecule has 6 heterocycles. The van der Waals surface area contributed by atoms with Crippen molar-refractivity contribution in [2.45, 2.75) is 206 Å². The van der Waals surface area contributed by atoms with Crippen molar-refractivity contribution in [2.75, 3.05) is 86.2 Å². The number of hydrogen-bond donors (Lipinski definition) is 15. The second kappa shape index (κ2) is 52.2. The van der Waals surface area contributed by atoms with Crippen LogP contribution in [-0.2, 0) is 149 Å². The number of aliphatic hydroxyl groups is 1. The van der Waals surface area contributed by atoms with Crippen LogP contribution in [0.15, 0.2) is 116 Å². The van der Waals surface area contributed by atoms with Crippen molar-refractivity contribution in [3.8, 4) is 17.2 Å². The van der Waals surface area contributed by atoms with Crippen LogP contribution in [0, 0.1) is 23.7 Å². The first-order chi connectivity index (χ1) is 69.2. The van der Waals surface area contributed by atoms with Crippen LogP contribution >= 0.6 is 35.3 Å². The van der Waals surface area contributed by atoms with Crippen LogP contribution in [0.1, 0.15) is 131 Å². The number of nitrogens with one attached hydrogen (secondary N) is 11. The first kappa shape index (κ1) is 115. The number of hydrogen-bond acceptors (Lipinski definition) is 28. The van der Waals surface area contributed by atoms with E-state index in [1.165, 1.54) is 60.8 Å². The summed E-state index contributed by atoms with van der Waals surface area (Å²) in [5.41, 5.74) is 15.9. The van der Waals surface area contributed by atoms with Crippen molar-refractivity contribution in [3.05, 3.63) is 160 Å². The molecule has 2 aromatic heterocycles. The van der Waals surface area contributed by atoms with Crippen LogP contribution in [-0.4, -0.2) is 298 Å². The molecule has 11 rings (SSSR count). The van der Waals surface area contributed by atoms with Gasteiger partial charge in [-0.3, -0.25) is 67.1 Å². The number of ketones is 2. The Kier molecular flexibility index (Phi) is 41.0. The Morgan fingerprint density at radius 3 is 1.36 bits per heavy atom. The number of para-hydroxylation sites is 2. The third kappa shape index (κ3) is 31.4. The van der Waals surface area contributed by atoms with Gasteiger partial charge in [0.25, 0.3) is 0 Å². The normalized spacial score (nSPS) is 25.7. The zero-order valence-electron chi connectivity index (χ0n) is 83.0. The number of H-pyrrole nitrogens is 2. The number of nitrogens with zero attached hydrogens (tertiary/aromatic N) is 4. The smallest absolute Gasteiger partial charge is 0.305 e. The maximum Gasteiger partial charge on any atom is 0.305 e. The highest BCUT2D eigenvalue weighted by Crippen LogP contribution is 2.33. The lowest BCUT2D eigenvalue weighted by Gasteiger charge is -2.32. The van der Waals surface area contributed by atoms with Gasteiger partial charge in [-0.2, -0.15) is 48.2 Å². The molecule has 0 radical (unpaired) electrons. The predicted molar refractivity (Wildman–Crippen MR) is 550 cm³/mol. The summed E-state index contributed by atoms with van der Waals surface area (Å²) in [6.07, 6.45) is -1.26. The van der Waals surface area contributed by atoms with Crippen LogP contribution in [0.5, 0.6) is 17.2 Å². The van der Waals surface area contributed by atoms with Gasteiger partial charge in [0.1, 0.15) is 77.4 Å². The van der Waals surface area contributed by atoms with Crippen LogP contribution in [0.25, 0.3) is 21.8 Å². The molecule has 17 N–H and O–H groups in total. The fourth-order valence-corrected chi connectivity index (χ4v) is 26.4. The number of rotatable bonds is 17. The Morgan fingerprint density at radius 2 is 0.918 bits per heavy atom. The van der Waals surface area contributed by atoms with E-state index in [4.69, 9.17) is 25.7 Å². The van der Waals surface area contributed by atoms with E-state index in [1.807, 2.05) is 0 Å². The minimum absolute atomic E-state index is 0.00667. The lowest BCUT2D eigenvalue weighted by molar-refractivity contribution is -0.143. The molecular weight excluding hydrogens is 2010 g/mol. The molecule has 0 aliphatic carbocycles. The molecule has 16 atom stereocenters. The number of ether oxygens (including phenoxy) is 3. The number of aromatic nitrogens is 2. The standard InChI is InChI=1S/C98H131N17O25S6/c1-11-65-40-83(118)88(58(7)116)111-91(124)68(41-82(117)57(6)99)52-141-23-26-144(132,133)112-46-59-29-61(34-69(32-59)138-8)48-113-49-62-31-64(37-71(35-62)140-10)51-114(50-63-30-60(47-112)33-70(36-63)139-9)146(136,137)28-25-143-54-80(108-90(65)123)95(128)105-77(39-67-44-102-75-20-15-13-18-73(67)75)94(127)109-86(55(2)3)97(130)106-78(42-85(120)121)92(125)103-45-84(119)104-76(38-66-43-101-74-19-14-12-17-72(66)74)93(126)110-87(56(4)5)98(131)115-22-16-21-81(115)96(129)107-79(89(100)122)53-142-24-27-145(113,134)135/h12-15,17-20,29-37,43-44,55-58,65,68,76-81,86-88,101-102,116H,11,16,21-28,38-42,45-54,99H2,1-10H3,(H2,100,122)(H,103,125)(H,104,119)(H,105,128)(H,106,130)(H,107,129)(H,108,123)(H,109,127)(H,110,126)(H,111,124)(H,120,121)/t57-,58+,65+,68-,76-,77-,78-,79-,80-,81-,86-,87-,88-/m0/s1. The molecule has 0 saturated carbocycles. The maximum absolute atomic E-state index is 15.8. The molecule has 794 valence electrons. The predicted octanol–water partition coefficient (Wildman–Crippen LogP) is 2.24. The summed E-state index contributed by atoms with van der Waals surface area (Å²) in [6.45, 7) is 6.71. The summed E-state index contributed by atoms with van der Waals surface area (Å²) in [5.74, 6) is -21.8. The van der Waals surface area contributed by atoms with Gasteiger partial charge in [0.05, 0.1) is 69.6 Å². The fourth-order valence-electron chi connectivity index (χ4n) is 17.7. The first-order valence-corrected chi connectivity index (χ1v) is 56.3. The highest BCUT2D eigenvalue weighted by molar-refractivity contribution is 8.01. The fraction of sp³-hybridized carbons (Fsp3) is 0.510.